The fourth-order valence-corrected chi connectivity index (χ4v) is 2.19. The summed E-state index contributed by atoms with van der Waals surface area (Å²) in [4.78, 5) is 23.6. The fourth-order valence-electron chi connectivity index (χ4n) is 2.19. The Morgan fingerprint density at radius 1 is 1.00 bits per heavy atom. The van der Waals surface area contributed by atoms with Crippen molar-refractivity contribution in [1.29, 1.82) is 0 Å². The maximum atomic E-state index is 11.9. The van der Waals surface area contributed by atoms with E-state index in [2.05, 4.69) is 5.32 Å². The number of carbonyl (C=O) groups excluding carboxylic acids is 2. The molecule has 0 aromatic heterocycles. The lowest BCUT2D eigenvalue weighted by atomic mass is 10.1. The number of anilines is 1. The van der Waals surface area contributed by atoms with Crippen molar-refractivity contribution in [2.75, 3.05) is 11.9 Å². The Kier molecular flexibility index (Phi) is 5.90. The molecule has 0 unspecified atom stereocenters. The maximum Gasteiger partial charge on any atom is 0.331 e. The second kappa shape index (κ2) is 8.11. The van der Waals surface area contributed by atoms with E-state index in [9.17, 15) is 9.59 Å². The summed E-state index contributed by atoms with van der Waals surface area (Å²) in [6.07, 6.45) is 3.01. The van der Waals surface area contributed by atoms with Crippen molar-refractivity contribution in [3.8, 4) is 0 Å². The molecule has 0 saturated carbocycles. The second-order valence-corrected chi connectivity index (χ2v) is 5.59. The lowest BCUT2D eigenvalue weighted by molar-refractivity contribution is -0.142. The number of hydrogen-bond donors (Lipinski definition) is 1. The third kappa shape index (κ3) is 4.81. The number of ether oxygens (including phenoxy) is 1. The van der Waals surface area contributed by atoms with Crippen LogP contribution in [0.2, 0.25) is 0 Å². The molecule has 0 aliphatic rings. The van der Waals surface area contributed by atoms with Gasteiger partial charge in [-0.1, -0.05) is 36.4 Å². The van der Waals surface area contributed by atoms with Crippen LogP contribution in [-0.2, 0) is 14.3 Å². The summed E-state index contributed by atoms with van der Waals surface area (Å²) >= 11 is 0. The van der Waals surface area contributed by atoms with Crippen molar-refractivity contribution >= 4 is 23.6 Å². The molecule has 0 aliphatic heterocycles. The van der Waals surface area contributed by atoms with E-state index >= 15 is 0 Å². The van der Waals surface area contributed by atoms with Crippen LogP contribution >= 0.6 is 0 Å². The molecule has 1 N–H and O–H groups in total. The normalized spacial score (nSPS) is 10.6. The summed E-state index contributed by atoms with van der Waals surface area (Å²) < 4.78 is 4.97. The van der Waals surface area contributed by atoms with Crippen molar-refractivity contribution in [2.24, 2.45) is 0 Å². The van der Waals surface area contributed by atoms with Crippen LogP contribution in [0.5, 0.6) is 0 Å². The highest BCUT2D eigenvalue weighted by molar-refractivity contribution is 5.95. The quantitative estimate of drug-likeness (QED) is 0.672. The van der Waals surface area contributed by atoms with Gasteiger partial charge >= 0.3 is 5.97 Å². The number of rotatable bonds is 5. The Labute approximate surface area is 142 Å². The monoisotopic (exact) mass is 323 g/mol. The Hall–Kier alpha value is -2.88. The molecule has 0 radical (unpaired) electrons. The zero-order valence-electron chi connectivity index (χ0n) is 14.1. The van der Waals surface area contributed by atoms with Gasteiger partial charge in [-0.2, -0.15) is 0 Å². The van der Waals surface area contributed by atoms with E-state index in [-0.39, 0.29) is 12.5 Å². The highest BCUT2D eigenvalue weighted by atomic mass is 16.5. The van der Waals surface area contributed by atoms with Gasteiger partial charge in [0.15, 0.2) is 6.61 Å². The molecule has 24 heavy (non-hydrogen) atoms. The smallest absolute Gasteiger partial charge is 0.331 e. The standard InChI is InChI=1S/C20H21NO3/c1-14-8-6-10-18(16(14)3)21-19(22)13-24-20(23)12-11-17-9-5-4-7-15(17)2/h4-12H,13H2,1-3H3,(H,21,22)/b12-11+. The van der Waals surface area contributed by atoms with E-state index in [1.54, 1.807) is 6.08 Å². The maximum absolute atomic E-state index is 11.9. The van der Waals surface area contributed by atoms with E-state index in [0.717, 1.165) is 27.9 Å². The largest absolute Gasteiger partial charge is 0.452 e. The van der Waals surface area contributed by atoms with Crippen LogP contribution in [0.4, 0.5) is 5.69 Å². The molecule has 0 atom stereocenters. The summed E-state index contributed by atoms with van der Waals surface area (Å²) in [7, 11) is 0. The summed E-state index contributed by atoms with van der Waals surface area (Å²) in [5.41, 5.74) is 4.82. The summed E-state index contributed by atoms with van der Waals surface area (Å²) in [5, 5.41) is 2.75. The molecule has 2 aromatic carbocycles. The number of benzene rings is 2. The van der Waals surface area contributed by atoms with Gasteiger partial charge in [0.25, 0.3) is 5.91 Å². The van der Waals surface area contributed by atoms with Crippen LogP contribution in [0, 0.1) is 20.8 Å². The molecular formula is C20H21NO3. The van der Waals surface area contributed by atoms with Gasteiger partial charge in [0, 0.05) is 11.8 Å². The molecule has 2 rings (SSSR count). The van der Waals surface area contributed by atoms with Gasteiger partial charge in [-0.3, -0.25) is 4.79 Å². The Bertz CT molecular complexity index is 778. The van der Waals surface area contributed by atoms with Crippen molar-refractivity contribution in [3.05, 3.63) is 70.8 Å². The van der Waals surface area contributed by atoms with Crippen LogP contribution in [0.25, 0.3) is 6.08 Å². The van der Waals surface area contributed by atoms with Gasteiger partial charge in [-0.05, 0) is 55.2 Å². The minimum absolute atomic E-state index is 0.315. The van der Waals surface area contributed by atoms with Crippen LogP contribution in [0.1, 0.15) is 22.3 Å². The first-order valence-electron chi connectivity index (χ1n) is 7.74. The van der Waals surface area contributed by atoms with Gasteiger partial charge in [0.1, 0.15) is 0 Å². The first kappa shape index (κ1) is 17.5. The SMILES string of the molecule is Cc1ccccc1/C=C/C(=O)OCC(=O)Nc1cccc(C)c1C. The van der Waals surface area contributed by atoms with Crippen LogP contribution < -0.4 is 5.32 Å². The molecule has 0 saturated heterocycles. The van der Waals surface area contributed by atoms with Crippen LogP contribution in [0.15, 0.2) is 48.5 Å². The van der Waals surface area contributed by atoms with Crippen molar-refractivity contribution in [3.63, 3.8) is 0 Å². The van der Waals surface area contributed by atoms with Gasteiger partial charge in [-0.25, -0.2) is 4.79 Å². The lowest BCUT2D eigenvalue weighted by Gasteiger charge is -2.10. The van der Waals surface area contributed by atoms with Crippen molar-refractivity contribution in [2.45, 2.75) is 20.8 Å². The Morgan fingerprint density at radius 3 is 2.46 bits per heavy atom. The third-order valence-electron chi connectivity index (χ3n) is 3.81. The van der Waals surface area contributed by atoms with E-state index < -0.39 is 5.97 Å². The molecule has 0 aliphatic carbocycles. The average Bonchev–Trinajstić information content (AvgIpc) is 2.56. The minimum Gasteiger partial charge on any atom is -0.452 e. The van der Waals surface area contributed by atoms with E-state index in [1.165, 1.54) is 6.08 Å². The van der Waals surface area contributed by atoms with Crippen molar-refractivity contribution in [1.82, 2.24) is 0 Å². The molecule has 0 spiro atoms. The number of carbonyl (C=O) groups is 2. The van der Waals surface area contributed by atoms with Crippen LogP contribution in [-0.4, -0.2) is 18.5 Å². The van der Waals surface area contributed by atoms with Crippen LogP contribution in [0.3, 0.4) is 0 Å². The highest BCUT2D eigenvalue weighted by Crippen LogP contribution is 2.17. The fraction of sp³-hybridized carbons (Fsp3) is 0.200. The number of hydrogen-bond acceptors (Lipinski definition) is 3. The van der Waals surface area contributed by atoms with Gasteiger partial charge in [0.05, 0.1) is 0 Å². The Morgan fingerprint density at radius 2 is 1.71 bits per heavy atom. The predicted octanol–water partition coefficient (Wildman–Crippen LogP) is 3.81. The molecule has 124 valence electrons. The van der Waals surface area contributed by atoms with Gasteiger partial charge < -0.3 is 10.1 Å². The molecule has 0 bridgehead atoms. The topological polar surface area (TPSA) is 55.4 Å². The van der Waals surface area contributed by atoms with Gasteiger partial charge in [-0.15, -0.1) is 0 Å². The molecule has 2 aromatic rings. The number of aryl methyl sites for hydroxylation is 2. The van der Waals surface area contributed by atoms with Crippen molar-refractivity contribution < 1.29 is 14.3 Å². The first-order valence-corrected chi connectivity index (χ1v) is 7.74. The second-order valence-electron chi connectivity index (χ2n) is 5.59. The highest BCUT2D eigenvalue weighted by Gasteiger charge is 2.08. The predicted molar refractivity (Wildman–Crippen MR) is 95.7 cm³/mol. The van der Waals surface area contributed by atoms with E-state index in [4.69, 9.17) is 4.74 Å². The van der Waals surface area contributed by atoms with Gasteiger partial charge in [0.2, 0.25) is 0 Å². The zero-order valence-corrected chi connectivity index (χ0v) is 14.1. The molecule has 0 heterocycles. The first-order chi connectivity index (χ1) is 11.5. The molecule has 4 heteroatoms. The molecule has 1 amide bonds. The third-order valence-corrected chi connectivity index (χ3v) is 3.81. The lowest BCUT2D eigenvalue weighted by Crippen LogP contribution is -2.20. The summed E-state index contributed by atoms with van der Waals surface area (Å²) in [6, 6.07) is 13.4. The van der Waals surface area contributed by atoms with E-state index in [0.29, 0.717) is 0 Å². The average molecular weight is 323 g/mol. The number of nitrogens with one attached hydrogen (secondary N) is 1. The molecular weight excluding hydrogens is 302 g/mol. The number of amides is 1. The Balaban J connectivity index is 1.86. The molecule has 4 nitrogen and oxygen atoms in total. The zero-order chi connectivity index (χ0) is 17.5. The number of esters is 1. The van der Waals surface area contributed by atoms with E-state index in [1.807, 2.05) is 63.2 Å². The minimum atomic E-state index is -0.547. The molecule has 0 fully saturated rings. The summed E-state index contributed by atoms with van der Waals surface area (Å²) in [5.74, 6) is -0.907. The summed E-state index contributed by atoms with van der Waals surface area (Å²) in [6.45, 7) is 5.55.